The monoisotopic (exact) mass is 610 g/mol. The van der Waals surface area contributed by atoms with Gasteiger partial charge in [-0.25, -0.2) is 0 Å². The Morgan fingerprint density at radius 3 is 1.98 bits per heavy atom. The molecular weight excluding hydrogens is 576 g/mol. The highest BCUT2D eigenvalue weighted by atomic mass is 32.1. The van der Waals surface area contributed by atoms with Crippen LogP contribution in [-0.4, -0.2) is 53.6 Å². The summed E-state index contributed by atoms with van der Waals surface area (Å²) in [6, 6.07) is 17.5. The first-order chi connectivity index (χ1) is 20.4. The number of ether oxygens (including phenoxy) is 5. The topological polar surface area (TPSA) is 135 Å². The molecule has 0 bridgehead atoms. The molecule has 2 aromatic carbocycles. The molecule has 1 N–H and O–H groups in total. The summed E-state index contributed by atoms with van der Waals surface area (Å²) in [5, 5.41) is 9.33. The van der Waals surface area contributed by atoms with Crippen molar-refractivity contribution in [2.45, 2.75) is 78.4 Å². The van der Waals surface area contributed by atoms with Crippen molar-refractivity contribution in [3.8, 4) is 10.4 Å². The molecular formula is C32H34O10S. The van der Waals surface area contributed by atoms with E-state index in [1.165, 1.54) is 20.8 Å². The molecule has 43 heavy (non-hydrogen) atoms. The van der Waals surface area contributed by atoms with Gasteiger partial charge in [-0.15, -0.1) is 11.3 Å². The molecule has 3 aromatic rings. The standard InChI is InChI=1S/C32H34O10S/c1-17-6-9-24(14-25(17)15-26-12-13-27(43-26)23-10-7-22(16-33)8-11-23)28-29(38-18(2)34)30(39-19(3)35)31(40-20(4)36)32(42-28)41-21(5)37/h6-14,28-33H,15-16H2,1-5H3. The van der Waals surface area contributed by atoms with Crippen LogP contribution in [0.4, 0.5) is 0 Å². The highest BCUT2D eigenvalue weighted by Crippen LogP contribution is 2.39. The van der Waals surface area contributed by atoms with Gasteiger partial charge in [0.15, 0.2) is 12.2 Å². The predicted molar refractivity (Wildman–Crippen MR) is 156 cm³/mol. The van der Waals surface area contributed by atoms with Crippen LogP contribution in [0.3, 0.4) is 0 Å². The van der Waals surface area contributed by atoms with Crippen LogP contribution in [0.1, 0.15) is 60.9 Å². The molecule has 1 aromatic heterocycles. The maximum absolute atomic E-state index is 12.2. The first kappa shape index (κ1) is 31.9. The molecule has 0 radical (unpaired) electrons. The van der Waals surface area contributed by atoms with Crippen LogP contribution >= 0.6 is 11.3 Å². The van der Waals surface area contributed by atoms with Gasteiger partial charge in [0.25, 0.3) is 0 Å². The second-order valence-electron chi connectivity index (χ2n) is 10.2. The van der Waals surface area contributed by atoms with Gasteiger partial charge in [0.2, 0.25) is 12.4 Å². The molecule has 0 saturated carbocycles. The first-order valence-corrected chi connectivity index (χ1v) is 14.5. The lowest BCUT2D eigenvalue weighted by molar-refractivity contribution is -0.298. The number of aliphatic hydroxyl groups is 1. The molecule has 1 aliphatic rings. The van der Waals surface area contributed by atoms with Crippen molar-refractivity contribution < 1.29 is 48.0 Å². The highest BCUT2D eigenvalue weighted by molar-refractivity contribution is 7.15. The summed E-state index contributed by atoms with van der Waals surface area (Å²) >= 11 is 1.65. The molecule has 228 valence electrons. The fraction of sp³-hybridized carbons (Fsp3) is 0.375. The van der Waals surface area contributed by atoms with Crippen molar-refractivity contribution in [3.05, 3.63) is 81.7 Å². The van der Waals surface area contributed by atoms with Gasteiger partial charge in [-0.2, -0.15) is 0 Å². The van der Waals surface area contributed by atoms with E-state index >= 15 is 0 Å². The molecule has 0 aliphatic carbocycles. The van der Waals surface area contributed by atoms with Gasteiger partial charge >= 0.3 is 23.9 Å². The van der Waals surface area contributed by atoms with Crippen LogP contribution in [0, 0.1) is 6.92 Å². The molecule has 4 rings (SSSR count). The quantitative estimate of drug-likeness (QED) is 0.271. The van der Waals surface area contributed by atoms with Gasteiger partial charge in [-0.05, 0) is 46.9 Å². The number of esters is 4. The molecule has 10 nitrogen and oxygen atoms in total. The SMILES string of the molecule is CC(=O)OC1OC(c2ccc(C)c(Cc3ccc(-c4ccc(CO)cc4)s3)c2)C(OC(C)=O)C(OC(C)=O)C1OC(C)=O. The normalized spacial score (nSPS) is 21.5. The van der Waals surface area contributed by atoms with E-state index in [4.69, 9.17) is 23.7 Å². The highest BCUT2D eigenvalue weighted by Gasteiger charge is 2.53. The molecule has 5 unspecified atom stereocenters. The fourth-order valence-corrected chi connectivity index (χ4v) is 5.99. The third-order valence-electron chi connectivity index (χ3n) is 6.83. The van der Waals surface area contributed by atoms with Gasteiger partial charge in [0.05, 0.1) is 6.61 Å². The van der Waals surface area contributed by atoms with Gasteiger partial charge in [-0.3, -0.25) is 19.2 Å². The minimum absolute atomic E-state index is 0.0116. The predicted octanol–water partition coefficient (Wildman–Crippen LogP) is 4.56. The Morgan fingerprint density at radius 1 is 0.767 bits per heavy atom. The average Bonchev–Trinajstić information content (AvgIpc) is 3.40. The lowest BCUT2D eigenvalue weighted by atomic mass is 9.90. The number of hydrogen-bond donors (Lipinski definition) is 1. The van der Waals surface area contributed by atoms with E-state index in [2.05, 4.69) is 12.1 Å². The van der Waals surface area contributed by atoms with Crippen molar-refractivity contribution in [1.82, 2.24) is 0 Å². The second-order valence-corrected chi connectivity index (χ2v) is 11.4. The summed E-state index contributed by atoms with van der Waals surface area (Å²) in [7, 11) is 0. The van der Waals surface area contributed by atoms with Gasteiger partial charge < -0.3 is 28.8 Å². The molecule has 2 heterocycles. The number of benzene rings is 2. The molecule has 5 atom stereocenters. The van der Waals surface area contributed by atoms with Crippen LogP contribution in [0.25, 0.3) is 10.4 Å². The van der Waals surface area contributed by atoms with E-state index in [1.54, 1.807) is 17.4 Å². The molecule has 1 fully saturated rings. The Hall–Kier alpha value is -4.06. The van der Waals surface area contributed by atoms with E-state index in [9.17, 15) is 24.3 Å². The molecule has 11 heteroatoms. The third kappa shape index (κ3) is 8.07. The van der Waals surface area contributed by atoms with Gasteiger partial charge in [0, 0.05) is 43.9 Å². The summed E-state index contributed by atoms with van der Waals surface area (Å²) in [4.78, 5) is 50.4. The number of carbonyl (C=O) groups is 4. The zero-order valence-electron chi connectivity index (χ0n) is 24.5. The van der Waals surface area contributed by atoms with Crippen molar-refractivity contribution in [2.24, 2.45) is 0 Å². The summed E-state index contributed by atoms with van der Waals surface area (Å²) in [6.45, 7) is 6.65. The fourth-order valence-electron chi connectivity index (χ4n) is 4.95. The number of aryl methyl sites for hydroxylation is 1. The van der Waals surface area contributed by atoms with Crippen LogP contribution < -0.4 is 0 Å². The summed E-state index contributed by atoms with van der Waals surface area (Å²) in [5.41, 5.74) is 4.46. The lowest BCUT2D eigenvalue weighted by Gasteiger charge is -2.44. The summed E-state index contributed by atoms with van der Waals surface area (Å²) < 4.78 is 28.0. The molecule has 1 aliphatic heterocycles. The minimum atomic E-state index is -1.44. The molecule has 1 saturated heterocycles. The number of hydrogen-bond acceptors (Lipinski definition) is 11. The Bertz CT molecular complexity index is 1480. The van der Waals surface area contributed by atoms with E-state index in [1.807, 2.05) is 43.3 Å². The zero-order valence-corrected chi connectivity index (χ0v) is 25.3. The summed E-state index contributed by atoms with van der Waals surface area (Å²) in [6.07, 6.45) is -5.80. The maximum atomic E-state index is 12.2. The number of rotatable bonds is 9. The second kappa shape index (κ2) is 13.9. The lowest BCUT2D eigenvalue weighted by Crippen LogP contribution is -2.59. The Balaban J connectivity index is 1.69. The van der Waals surface area contributed by atoms with Crippen molar-refractivity contribution >= 4 is 35.2 Å². The van der Waals surface area contributed by atoms with Gasteiger partial charge in [0.1, 0.15) is 6.10 Å². The van der Waals surface area contributed by atoms with Crippen molar-refractivity contribution in [2.75, 3.05) is 0 Å². The Labute approximate surface area is 253 Å². The van der Waals surface area contributed by atoms with Crippen molar-refractivity contribution in [1.29, 1.82) is 0 Å². The molecule has 0 amide bonds. The van der Waals surface area contributed by atoms with Gasteiger partial charge in [-0.1, -0.05) is 42.5 Å². The minimum Gasteiger partial charge on any atom is -0.455 e. The molecule has 0 spiro atoms. The maximum Gasteiger partial charge on any atom is 0.305 e. The largest absolute Gasteiger partial charge is 0.455 e. The van der Waals surface area contributed by atoms with E-state index < -0.39 is 54.6 Å². The summed E-state index contributed by atoms with van der Waals surface area (Å²) in [5.74, 6) is -2.84. The van der Waals surface area contributed by atoms with Crippen LogP contribution in [-0.2, 0) is 55.9 Å². The van der Waals surface area contributed by atoms with Crippen molar-refractivity contribution in [3.63, 3.8) is 0 Å². The van der Waals surface area contributed by atoms with Crippen LogP contribution in [0.5, 0.6) is 0 Å². The van der Waals surface area contributed by atoms with Crippen LogP contribution in [0.15, 0.2) is 54.6 Å². The average molecular weight is 611 g/mol. The smallest absolute Gasteiger partial charge is 0.305 e. The number of aliphatic hydroxyl groups excluding tert-OH is 1. The van der Waals surface area contributed by atoms with E-state index in [0.29, 0.717) is 12.0 Å². The zero-order chi connectivity index (χ0) is 31.3. The van der Waals surface area contributed by atoms with E-state index in [-0.39, 0.29) is 6.61 Å². The number of carbonyl (C=O) groups excluding carboxylic acids is 4. The Kier molecular flexibility index (Phi) is 10.3. The first-order valence-electron chi connectivity index (χ1n) is 13.7. The third-order valence-corrected chi connectivity index (χ3v) is 7.97. The Morgan fingerprint density at radius 2 is 1.37 bits per heavy atom. The van der Waals surface area contributed by atoms with E-state index in [0.717, 1.165) is 38.9 Å². The number of thiophene rings is 1. The van der Waals surface area contributed by atoms with Crippen LogP contribution in [0.2, 0.25) is 0 Å².